The van der Waals surface area contributed by atoms with Crippen molar-refractivity contribution < 1.29 is 27.8 Å². The minimum atomic E-state index is -2.73. The van der Waals surface area contributed by atoms with Crippen molar-refractivity contribution in [2.45, 2.75) is 6.43 Å². The summed E-state index contributed by atoms with van der Waals surface area (Å²) in [5.41, 5.74) is -0.595. The van der Waals surface area contributed by atoms with Gasteiger partial charge in [-0.15, -0.1) is 0 Å². The van der Waals surface area contributed by atoms with Gasteiger partial charge in [-0.05, 0) is 6.07 Å². The summed E-state index contributed by atoms with van der Waals surface area (Å²) in [5, 5.41) is 2.45. The van der Waals surface area contributed by atoms with Gasteiger partial charge in [-0.25, -0.2) is 18.4 Å². The van der Waals surface area contributed by atoms with Crippen LogP contribution in [0.5, 0.6) is 0 Å². The lowest BCUT2D eigenvalue weighted by molar-refractivity contribution is -0.138. The van der Waals surface area contributed by atoms with Crippen LogP contribution in [0.1, 0.15) is 12.0 Å². The summed E-state index contributed by atoms with van der Waals surface area (Å²) in [7, 11) is 2.23. The molecular formula is C13H13F2NO4. The number of ether oxygens (including phenoxy) is 2. The number of carbonyl (C=O) groups is 2. The van der Waals surface area contributed by atoms with Crippen molar-refractivity contribution in [2.75, 3.05) is 19.5 Å². The molecule has 0 amide bonds. The van der Waals surface area contributed by atoms with E-state index < -0.39 is 18.4 Å². The van der Waals surface area contributed by atoms with E-state index in [9.17, 15) is 18.4 Å². The van der Waals surface area contributed by atoms with E-state index in [-0.39, 0.29) is 16.9 Å². The molecule has 0 spiro atoms. The number of para-hydroxylation sites is 1. The van der Waals surface area contributed by atoms with Gasteiger partial charge in [-0.2, -0.15) is 0 Å². The molecule has 0 fully saturated rings. The first kappa shape index (κ1) is 15.6. The maximum atomic E-state index is 12.8. The average Bonchev–Trinajstić information content (AvgIpc) is 2.45. The highest BCUT2D eigenvalue weighted by Crippen LogP contribution is 2.27. The topological polar surface area (TPSA) is 64.6 Å². The van der Waals surface area contributed by atoms with Gasteiger partial charge in [0.2, 0.25) is 0 Å². The summed E-state index contributed by atoms with van der Waals surface area (Å²) in [6.45, 7) is 0. The number of nitrogens with one attached hydrogen (secondary N) is 1. The van der Waals surface area contributed by atoms with Gasteiger partial charge in [0.05, 0.1) is 20.3 Å². The Morgan fingerprint density at radius 1 is 1.20 bits per heavy atom. The maximum absolute atomic E-state index is 12.8. The zero-order chi connectivity index (χ0) is 15.1. The third-order valence-electron chi connectivity index (χ3n) is 2.33. The van der Waals surface area contributed by atoms with Crippen LogP contribution >= 0.6 is 0 Å². The highest BCUT2D eigenvalue weighted by molar-refractivity contribution is 5.98. The number of esters is 2. The minimum Gasteiger partial charge on any atom is -0.466 e. The molecule has 0 unspecified atom stereocenters. The first-order chi connectivity index (χ1) is 9.49. The van der Waals surface area contributed by atoms with E-state index in [4.69, 9.17) is 0 Å². The first-order valence-electron chi connectivity index (χ1n) is 5.51. The Bertz CT molecular complexity index is 529. The molecule has 1 N–H and O–H groups in total. The Morgan fingerprint density at radius 2 is 1.85 bits per heavy atom. The largest absolute Gasteiger partial charge is 0.466 e. The van der Waals surface area contributed by atoms with Crippen LogP contribution in [0, 0.1) is 0 Å². The molecule has 1 aromatic rings. The number of methoxy groups -OCH3 is 2. The molecule has 1 aromatic carbocycles. The summed E-state index contributed by atoms with van der Waals surface area (Å²) in [4.78, 5) is 22.7. The van der Waals surface area contributed by atoms with E-state index >= 15 is 0 Å². The molecule has 1 rings (SSSR count). The number of rotatable bonds is 5. The molecular weight excluding hydrogens is 272 g/mol. The summed E-state index contributed by atoms with van der Waals surface area (Å²) >= 11 is 0. The van der Waals surface area contributed by atoms with Crippen LogP contribution in [0.3, 0.4) is 0 Å². The van der Waals surface area contributed by atoms with Crippen LogP contribution in [0.4, 0.5) is 14.5 Å². The summed E-state index contributed by atoms with van der Waals surface area (Å²) in [6.07, 6.45) is -1.90. The molecule has 7 heteroatoms. The molecule has 0 bridgehead atoms. The van der Waals surface area contributed by atoms with Crippen molar-refractivity contribution in [3.8, 4) is 0 Å². The number of hydrogen-bond acceptors (Lipinski definition) is 5. The normalized spacial score (nSPS) is 11.2. The number of benzene rings is 1. The number of carbonyl (C=O) groups excluding carboxylic acids is 2. The van der Waals surface area contributed by atoms with Crippen molar-refractivity contribution in [1.82, 2.24) is 0 Å². The second-order valence-electron chi connectivity index (χ2n) is 3.59. The van der Waals surface area contributed by atoms with Crippen molar-refractivity contribution >= 4 is 17.6 Å². The Balaban J connectivity index is 3.11. The third kappa shape index (κ3) is 4.04. The van der Waals surface area contributed by atoms with Crippen molar-refractivity contribution in [1.29, 1.82) is 0 Å². The number of hydrogen-bond donors (Lipinski definition) is 1. The summed E-state index contributed by atoms with van der Waals surface area (Å²) < 4.78 is 34.5. The second-order valence-corrected chi connectivity index (χ2v) is 3.59. The fraction of sp³-hybridized carbons (Fsp3) is 0.231. The van der Waals surface area contributed by atoms with Crippen LogP contribution in [-0.2, 0) is 19.1 Å². The van der Waals surface area contributed by atoms with E-state index in [2.05, 4.69) is 14.8 Å². The van der Waals surface area contributed by atoms with Gasteiger partial charge < -0.3 is 14.8 Å². The van der Waals surface area contributed by atoms with Gasteiger partial charge in [-0.1, -0.05) is 18.2 Å². The fourth-order valence-corrected chi connectivity index (χ4v) is 1.38. The van der Waals surface area contributed by atoms with Crippen LogP contribution in [0.2, 0.25) is 0 Å². The summed E-state index contributed by atoms with van der Waals surface area (Å²) in [6, 6.07) is 5.52. The lowest BCUT2D eigenvalue weighted by atomic mass is 10.1. The minimum absolute atomic E-state index is 0.00283. The van der Waals surface area contributed by atoms with Gasteiger partial charge in [0, 0.05) is 11.3 Å². The van der Waals surface area contributed by atoms with Crippen molar-refractivity contribution in [3.05, 3.63) is 41.6 Å². The second kappa shape index (κ2) is 7.22. The van der Waals surface area contributed by atoms with Gasteiger partial charge in [-0.3, -0.25) is 0 Å². The maximum Gasteiger partial charge on any atom is 0.354 e. The Labute approximate surface area is 114 Å². The van der Waals surface area contributed by atoms with E-state index in [0.717, 1.165) is 20.3 Å². The predicted molar refractivity (Wildman–Crippen MR) is 67.1 cm³/mol. The zero-order valence-corrected chi connectivity index (χ0v) is 10.9. The first-order valence-corrected chi connectivity index (χ1v) is 5.51. The fourth-order valence-electron chi connectivity index (χ4n) is 1.38. The van der Waals surface area contributed by atoms with E-state index in [1.807, 2.05) is 0 Å². The number of halogens is 2. The highest BCUT2D eigenvalue weighted by Gasteiger charge is 2.17. The molecule has 0 aromatic heterocycles. The number of anilines is 1. The van der Waals surface area contributed by atoms with Crippen molar-refractivity contribution in [2.24, 2.45) is 0 Å². The molecule has 0 aliphatic heterocycles. The van der Waals surface area contributed by atoms with Gasteiger partial charge in [0.1, 0.15) is 5.70 Å². The van der Waals surface area contributed by atoms with Crippen LogP contribution in [0.15, 0.2) is 36.0 Å². The molecule has 20 heavy (non-hydrogen) atoms. The Kier molecular flexibility index (Phi) is 5.64. The smallest absolute Gasteiger partial charge is 0.354 e. The lowest BCUT2D eigenvalue weighted by Gasteiger charge is -2.12. The number of alkyl halides is 2. The summed E-state index contributed by atoms with van der Waals surface area (Å²) in [5.74, 6) is -1.69. The average molecular weight is 285 g/mol. The lowest BCUT2D eigenvalue weighted by Crippen LogP contribution is -2.16. The van der Waals surface area contributed by atoms with Gasteiger partial charge >= 0.3 is 11.9 Å². The molecule has 5 nitrogen and oxygen atoms in total. The molecule has 0 heterocycles. The van der Waals surface area contributed by atoms with Crippen LogP contribution < -0.4 is 5.32 Å². The Morgan fingerprint density at radius 3 is 2.40 bits per heavy atom. The standard InChI is InChI=1S/C13H13F2NO4/c1-19-11(17)7-10(13(18)20-2)16-9-6-4-3-5-8(9)12(14)15/h3-7,12,16H,1-2H3/b10-7+. The predicted octanol–water partition coefficient (Wildman–Crippen LogP) is 2.27. The molecule has 0 radical (unpaired) electrons. The SMILES string of the molecule is COC(=O)/C=C(/Nc1ccccc1C(F)F)C(=O)OC. The monoisotopic (exact) mass is 285 g/mol. The van der Waals surface area contributed by atoms with Gasteiger partial charge in [0.25, 0.3) is 6.43 Å². The third-order valence-corrected chi connectivity index (χ3v) is 2.33. The molecule has 0 atom stereocenters. The van der Waals surface area contributed by atoms with Crippen LogP contribution in [0.25, 0.3) is 0 Å². The highest BCUT2D eigenvalue weighted by atomic mass is 19.3. The molecule has 0 saturated carbocycles. The molecule has 0 aliphatic rings. The Hall–Kier alpha value is -2.44. The molecule has 108 valence electrons. The van der Waals surface area contributed by atoms with Crippen molar-refractivity contribution in [3.63, 3.8) is 0 Å². The quantitative estimate of drug-likeness (QED) is 0.664. The molecule has 0 saturated heterocycles. The van der Waals surface area contributed by atoms with E-state index in [0.29, 0.717) is 0 Å². The van der Waals surface area contributed by atoms with E-state index in [1.54, 1.807) is 0 Å². The molecule has 0 aliphatic carbocycles. The zero-order valence-electron chi connectivity index (χ0n) is 10.9. The van der Waals surface area contributed by atoms with E-state index in [1.165, 1.54) is 24.3 Å². The van der Waals surface area contributed by atoms with Gasteiger partial charge in [0.15, 0.2) is 0 Å². The van der Waals surface area contributed by atoms with Crippen LogP contribution in [-0.4, -0.2) is 26.2 Å².